The smallest absolute Gasteiger partial charge is 0.245 e. The zero-order chi connectivity index (χ0) is 20.4. The molecular weight excluding hydrogens is 621 g/mol. The first-order chi connectivity index (χ1) is 14.7. The van der Waals surface area contributed by atoms with Crippen LogP contribution in [0.5, 0.6) is 0 Å². The zero-order valence-electron chi connectivity index (χ0n) is 17.3. The van der Waals surface area contributed by atoms with Crippen LogP contribution in [0.1, 0.15) is 0 Å². The van der Waals surface area contributed by atoms with Crippen molar-refractivity contribution in [2.24, 2.45) is 0 Å². The standard InChI is InChI=1S/C18H14PS.C6H12N3P.Au/c20-19(16-10-4-1-5-11-16,17-12-6-2-7-13-17)18-14-8-3-9-15-18;1-7-2-9-3-8(1)5-10(4-7)6-9;/h1-14H;1-6H2;/q-1;;+1/p+1. The molecule has 0 atom stereocenters. The van der Waals surface area contributed by atoms with Crippen molar-refractivity contribution in [3.05, 3.63) is 91.0 Å². The number of nitrogens with zero attached hydrogens (tertiary/aromatic N) is 3. The van der Waals surface area contributed by atoms with E-state index >= 15 is 0 Å². The summed E-state index contributed by atoms with van der Waals surface area (Å²) in [6, 6.07) is 30.2. The van der Waals surface area contributed by atoms with Crippen molar-refractivity contribution in [1.82, 2.24) is 14.7 Å². The molecule has 0 saturated carbocycles. The van der Waals surface area contributed by atoms with Gasteiger partial charge < -0.3 is 0 Å². The molecule has 0 radical (unpaired) electrons. The molecule has 7 rings (SSSR count). The monoisotopic (exact) mass is 648 g/mol. The zero-order valence-corrected chi connectivity index (χ0v) is 22.2. The predicted octanol–water partition coefficient (Wildman–Crippen LogP) is 3.13. The van der Waals surface area contributed by atoms with Crippen LogP contribution >= 0.6 is 14.0 Å². The van der Waals surface area contributed by atoms with Crippen molar-refractivity contribution in [2.75, 3.05) is 38.9 Å². The van der Waals surface area contributed by atoms with Gasteiger partial charge in [0.2, 0.25) is 0 Å². The molecule has 0 amide bonds. The second kappa shape index (κ2) is 10.5. The van der Waals surface area contributed by atoms with E-state index in [9.17, 15) is 0 Å². The van der Waals surface area contributed by atoms with Gasteiger partial charge >= 0.3 is 22.4 Å². The number of hydrogen-bond acceptors (Lipinski definition) is 4. The van der Waals surface area contributed by atoms with Crippen molar-refractivity contribution in [3.63, 3.8) is 0 Å². The molecule has 0 aromatic heterocycles. The molecule has 4 aliphatic heterocycles. The fourth-order valence-electron chi connectivity index (χ4n) is 4.66. The molecule has 0 aliphatic carbocycles. The van der Waals surface area contributed by atoms with E-state index in [4.69, 9.17) is 11.8 Å². The van der Waals surface area contributed by atoms with Crippen LogP contribution in [0.3, 0.4) is 0 Å². The van der Waals surface area contributed by atoms with E-state index in [1.165, 1.54) is 49.5 Å². The van der Waals surface area contributed by atoms with E-state index in [1.54, 1.807) is 0 Å². The van der Waals surface area contributed by atoms with Gasteiger partial charge in [0.25, 0.3) is 0 Å². The SMILES string of the molecule is C1N2CN3CN1C[PH+](C2)C3.S=P(c1[c-]cccc1)(c1ccccc1)c1ccccc1.[Au+]. The maximum absolute atomic E-state index is 6.18. The number of hydrogen-bond donors (Lipinski definition) is 0. The summed E-state index contributed by atoms with van der Waals surface area (Å²) in [6.07, 6.45) is 4.37. The van der Waals surface area contributed by atoms with Crippen LogP contribution in [-0.2, 0) is 34.2 Å². The first-order valence-electron chi connectivity index (χ1n) is 10.4. The summed E-state index contributed by atoms with van der Waals surface area (Å²) in [5.41, 5.74) is 0. The average molecular weight is 648 g/mol. The fourth-order valence-corrected chi connectivity index (χ4v) is 11.1. The normalized spacial score (nSPS) is 25.8. The Kier molecular flexibility index (Phi) is 7.99. The Morgan fingerprint density at radius 1 is 0.677 bits per heavy atom. The molecule has 3 aromatic carbocycles. The van der Waals surface area contributed by atoms with Gasteiger partial charge in [-0.1, -0.05) is 72.5 Å². The van der Waals surface area contributed by atoms with Gasteiger partial charge in [0.1, 0.15) is 18.9 Å². The summed E-state index contributed by atoms with van der Waals surface area (Å²) < 4.78 is 0. The Morgan fingerprint density at radius 3 is 1.52 bits per heavy atom. The molecule has 0 spiro atoms. The molecule has 4 aliphatic rings. The maximum Gasteiger partial charge on any atom is 1.00 e. The molecule has 4 heterocycles. The van der Waals surface area contributed by atoms with Crippen LogP contribution in [0, 0.1) is 6.07 Å². The van der Waals surface area contributed by atoms with E-state index < -0.39 is 6.04 Å². The Morgan fingerprint density at radius 2 is 1.13 bits per heavy atom. The summed E-state index contributed by atoms with van der Waals surface area (Å²) in [5.74, 6) is 0. The average Bonchev–Trinajstić information content (AvgIpc) is 2.80. The maximum atomic E-state index is 6.18. The second-order valence-electron chi connectivity index (χ2n) is 8.19. The Labute approximate surface area is 207 Å². The minimum Gasteiger partial charge on any atom is -0.245 e. The fraction of sp³-hybridized carbons (Fsp3) is 0.250. The summed E-state index contributed by atoms with van der Waals surface area (Å²) in [7, 11) is 0.0297. The van der Waals surface area contributed by atoms with E-state index in [-0.39, 0.29) is 30.3 Å². The second-order valence-corrected chi connectivity index (χ2v) is 15.0. The molecule has 3 nitrogen and oxygen atoms in total. The molecule has 7 heteroatoms. The van der Waals surface area contributed by atoms with Gasteiger partial charge in [0.15, 0.2) is 0 Å². The minimum absolute atomic E-state index is 0. The van der Waals surface area contributed by atoms with Gasteiger partial charge in [-0.3, -0.25) is 0 Å². The third kappa shape index (κ3) is 5.14. The Hall–Kier alpha value is -0.640. The third-order valence-electron chi connectivity index (χ3n) is 5.81. The van der Waals surface area contributed by atoms with Crippen molar-refractivity contribution in [3.8, 4) is 0 Å². The van der Waals surface area contributed by atoms with Crippen LogP contribution < -0.4 is 15.9 Å². The van der Waals surface area contributed by atoms with Gasteiger partial charge in [-0.15, -0.1) is 5.30 Å². The molecule has 4 fully saturated rings. The van der Waals surface area contributed by atoms with Gasteiger partial charge in [-0.2, -0.15) is 30.3 Å². The number of rotatable bonds is 3. The van der Waals surface area contributed by atoms with E-state index in [0.717, 1.165) is 5.30 Å². The van der Waals surface area contributed by atoms with Crippen LogP contribution in [-0.4, -0.2) is 53.6 Å². The predicted molar refractivity (Wildman–Crippen MR) is 134 cm³/mol. The largest absolute Gasteiger partial charge is 1.00 e. The molecule has 4 saturated heterocycles. The van der Waals surface area contributed by atoms with Crippen molar-refractivity contribution in [2.45, 2.75) is 0 Å². The quantitative estimate of drug-likeness (QED) is 0.246. The summed E-state index contributed by atoms with van der Waals surface area (Å²) >= 11 is 6.18. The molecule has 0 N–H and O–H groups in total. The Bertz CT molecular complexity index is 861. The van der Waals surface area contributed by atoms with Crippen molar-refractivity contribution < 1.29 is 22.4 Å². The number of benzene rings is 3. The topological polar surface area (TPSA) is 9.72 Å². The van der Waals surface area contributed by atoms with Crippen LogP contribution in [0.25, 0.3) is 0 Å². The molecule has 0 unspecified atom stereocenters. The summed E-state index contributed by atoms with van der Waals surface area (Å²) in [4.78, 5) is 7.76. The first-order valence-corrected chi connectivity index (χ1v) is 15.3. The Balaban J connectivity index is 0.000000175. The molecule has 164 valence electrons. The van der Waals surface area contributed by atoms with Gasteiger partial charge in [0.05, 0.1) is 20.0 Å². The summed E-state index contributed by atoms with van der Waals surface area (Å²) in [6.45, 7) is 3.76. The molecule has 3 aromatic rings. The van der Waals surface area contributed by atoms with Gasteiger partial charge in [-0.05, 0) is 10.6 Å². The van der Waals surface area contributed by atoms with Gasteiger partial charge in [-0.25, -0.2) is 14.7 Å². The minimum atomic E-state index is -2.00. The van der Waals surface area contributed by atoms with Crippen molar-refractivity contribution in [1.29, 1.82) is 0 Å². The molecule has 4 bridgehead atoms. The first kappa shape index (κ1) is 23.5. The van der Waals surface area contributed by atoms with E-state index in [2.05, 4.69) is 75.4 Å². The third-order valence-corrected chi connectivity index (χ3v) is 13.4. The van der Waals surface area contributed by atoms with Crippen molar-refractivity contribution >= 4 is 41.7 Å². The van der Waals surface area contributed by atoms with Gasteiger partial charge in [0, 0.05) is 14.0 Å². The van der Waals surface area contributed by atoms with Crippen LogP contribution in [0.15, 0.2) is 84.9 Å². The molecular formula is C24H27AuN3P2S+. The van der Waals surface area contributed by atoms with Crippen LogP contribution in [0.4, 0.5) is 0 Å². The molecule has 31 heavy (non-hydrogen) atoms. The summed E-state index contributed by atoms with van der Waals surface area (Å²) in [5, 5.41) is 3.54. The van der Waals surface area contributed by atoms with Crippen LogP contribution in [0.2, 0.25) is 0 Å². The van der Waals surface area contributed by atoms with E-state index in [1.807, 2.05) is 30.3 Å². The van der Waals surface area contributed by atoms with E-state index in [0.29, 0.717) is 0 Å².